The number of thiocarbonyl (C=S) groups is 2. The van der Waals surface area contributed by atoms with Crippen LogP contribution in [-0.2, 0) is 10.1 Å². The first-order valence-electron chi connectivity index (χ1n) is 8.24. The van der Waals surface area contributed by atoms with Gasteiger partial charge in [0.1, 0.15) is 10.1 Å². The molecule has 29 heavy (non-hydrogen) atoms. The molecule has 2 aromatic carbocycles. The number of benzene rings is 2. The van der Waals surface area contributed by atoms with Gasteiger partial charge in [0.2, 0.25) is 0 Å². The number of rotatable bonds is 5. The predicted octanol–water partition coefficient (Wildman–Crippen LogP) is 1.88. The van der Waals surface area contributed by atoms with Gasteiger partial charge in [-0.15, -0.1) is 0 Å². The van der Waals surface area contributed by atoms with E-state index in [0.717, 1.165) is 0 Å². The zero-order valence-electron chi connectivity index (χ0n) is 15.8. The van der Waals surface area contributed by atoms with Crippen molar-refractivity contribution in [2.75, 3.05) is 12.4 Å². The Morgan fingerprint density at radius 2 is 1.62 bits per heavy atom. The lowest BCUT2D eigenvalue weighted by molar-refractivity contribution is 0.463. The molecule has 0 aliphatic carbocycles. The monoisotopic (exact) mass is 451 g/mol. The van der Waals surface area contributed by atoms with Crippen LogP contribution in [0, 0.1) is 0 Å². The van der Waals surface area contributed by atoms with Crippen molar-refractivity contribution in [3.63, 3.8) is 0 Å². The zero-order valence-corrected chi connectivity index (χ0v) is 18.3. The summed E-state index contributed by atoms with van der Waals surface area (Å²) in [6.45, 7) is 3.51. The zero-order chi connectivity index (χ0) is 21.6. The second-order valence-electron chi connectivity index (χ2n) is 5.79. The van der Waals surface area contributed by atoms with Gasteiger partial charge in [-0.2, -0.15) is 10.2 Å². The first-order chi connectivity index (χ1) is 13.6. The summed E-state index contributed by atoms with van der Waals surface area (Å²) < 4.78 is 33.6. The molecule has 0 fully saturated rings. The first kappa shape index (κ1) is 22.6. The molecule has 0 atom stereocenters. The van der Waals surface area contributed by atoms with Crippen molar-refractivity contribution in [3.05, 3.63) is 36.4 Å². The van der Waals surface area contributed by atoms with E-state index in [0.29, 0.717) is 33.0 Å². The maximum absolute atomic E-state index is 11.2. The number of fused-ring (bicyclic) bond motifs is 1. The molecule has 0 spiro atoms. The lowest BCUT2D eigenvalue weighted by atomic mass is 10.1. The van der Waals surface area contributed by atoms with Gasteiger partial charge in [0.05, 0.1) is 16.3 Å². The third-order valence-corrected chi connectivity index (χ3v) is 5.11. The highest BCUT2D eigenvalue weighted by atomic mass is 32.2. The molecule has 0 amide bonds. The van der Waals surface area contributed by atoms with Crippen LogP contribution in [0.25, 0.3) is 10.8 Å². The number of anilines is 1. The number of nitrogens with zero attached hydrogens (tertiary/aromatic N) is 2. The van der Waals surface area contributed by atoms with Crippen LogP contribution in [-0.4, -0.2) is 41.7 Å². The molecule has 0 heterocycles. The van der Waals surface area contributed by atoms with Crippen molar-refractivity contribution in [1.29, 1.82) is 0 Å². The van der Waals surface area contributed by atoms with Crippen molar-refractivity contribution >= 4 is 72.7 Å². The summed E-state index contributed by atoms with van der Waals surface area (Å²) in [6, 6.07) is 9.33. The average Bonchev–Trinajstić information content (AvgIpc) is 2.69. The minimum atomic E-state index is -4.52. The predicted molar refractivity (Wildman–Crippen MR) is 122 cm³/mol. The van der Waals surface area contributed by atoms with E-state index >= 15 is 0 Å². The lowest BCUT2D eigenvalue weighted by Gasteiger charge is -2.13. The summed E-state index contributed by atoms with van der Waals surface area (Å²) in [5.74, 6) is 0. The smallest absolute Gasteiger partial charge is 0.191 e. The number of nitrogens with one attached hydrogen (secondary N) is 4. The molecular formula is C17H19N6O3S3-. The van der Waals surface area contributed by atoms with E-state index in [1.165, 1.54) is 12.1 Å². The van der Waals surface area contributed by atoms with E-state index in [9.17, 15) is 13.0 Å². The minimum absolute atomic E-state index is 0.226. The number of hydrogen-bond donors (Lipinski definition) is 4. The highest BCUT2D eigenvalue weighted by Gasteiger charge is 2.07. The van der Waals surface area contributed by atoms with Crippen molar-refractivity contribution in [1.82, 2.24) is 16.2 Å². The molecule has 0 saturated heterocycles. The van der Waals surface area contributed by atoms with Crippen LogP contribution in [0.4, 0.5) is 5.69 Å². The second-order valence-corrected chi connectivity index (χ2v) is 7.99. The van der Waals surface area contributed by atoms with Crippen LogP contribution in [0.1, 0.15) is 13.8 Å². The van der Waals surface area contributed by atoms with Crippen molar-refractivity contribution in [2.24, 2.45) is 10.2 Å². The SMILES string of the molecule is CNC(=S)N/N=C(C)/C(C)=N/NC(=S)Nc1cccc2cc(S(=O)(=O)[O-])ccc12. The Morgan fingerprint density at radius 3 is 2.21 bits per heavy atom. The fourth-order valence-electron chi connectivity index (χ4n) is 2.16. The van der Waals surface area contributed by atoms with Crippen LogP contribution < -0.4 is 21.5 Å². The van der Waals surface area contributed by atoms with Crippen LogP contribution >= 0.6 is 24.4 Å². The number of hydrogen-bond acceptors (Lipinski definition) is 7. The van der Waals surface area contributed by atoms with Crippen molar-refractivity contribution in [3.8, 4) is 0 Å². The third kappa shape index (κ3) is 6.42. The second kappa shape index (κ2) is 9.69. The molecule has 9 nitrogen and oxygen atoms in total. The van der Waals surface area contributed by atoms with Crippen LogP contribution in [0.15, 0.2) is 51.5 Å². The first-order valence-corrected chi connectivity index (χ1v) is 10.5. The highest BCUT2D eigenvalue weighted by Crippen LogP contribution is 2.25. The Hall–Kier alpha value is -2.67. The summed E-state index contributed by atoms with van der Waals surface area (Å²) in [4.78, 5) is -0.288. The quantitative estimate of drug-likeness (QED) is 0.233. The molecule has 0 unspecified atom stereocenters. The van der Waals surface area contributed by atoms with Gasteiger partial charge in [0, 0.05) is 18.1 Å². The maximum atomic E-state index is 11.2. The fourth-order valence-corrected chi connectivity index (χ4v) is 2.87. The van der Waals surface area contributed by atoms with E-state index in [2.05, 4.69) is 31.7 Å². The molecule has 2 aromatic rings. The van der Waals surface area contributed by atoms with E-state index in [-0.39, 0.29) is 10.0 Å². The Morgan fingerprint density at radius 1 is 1.00 bits per heavy atom. The van der Waals surface area contributed by atoms with Crippen LogP contribution in [0.3, 0.4) is 0 Å². The van der Waals surface area contributed by atoms with E-state index in [1.54, 1.807) is 45.2 Å². The average molecular weight is 452 g/mol. The van der Waals surface area contributed by atoms with Gasteiger partial charge in [-0.1, -0.05) is 18.2 Å². The molecule has 0 saturated carbocycles. The molecular weight excluding hydrogens is 432 g/mol. The Balaban J connectivity index is 2.12. The van der Waals surface area contributed by atoms with Crippen LogP contribution in [0.5, 0.6) is 0 Å². The largest absolute Gasteiger partial charge is 0.744 e. The minimum Gasteiger partial charge on any atom is -0.744 e. The Bertz CT molecular complexity index is 1110. The fraction of sp³-hybridized carbons (Fsp3) is 0.176. The third-order valence-electron chi connectivity index (χ3n) is 3.79. The molecule has 2 rings (SSSR count). The molecule has 0 bridgehead atoms. The molecule has 4 N–H and O–H groups in total. The topological polar surface area (TPSA) is 130 Å². The lowest BCUT2D eigenvalue weighted by Crippen LogP contribution is -2.30. The summed E-state index contributed by atoms with van der Waals surface area (Å²) in [5, 5.41) is 15.9. The maximum Gasteiger partial charge on any atom is 0.191 e. The summed E-state index contributed by atoms with van der Waals surface area (Å²) >= 11 is 10.2. The number of hydrazone groups is 2. The molecule has 0 aliphatic rings. The molecule has 0 aliphatic heterocycles. The normalized spacial score (nSPS) is 12.4. The molecule has 154 valence electrons. The molecule has 12 heteroatoms. The Labute approximate surface area is 179 Å². The van der Waals surface area contributed by atoms with E-state index < -0.39 is 10.1 Å². The summed E-state index contributed by atoms with van der Waals surface area (Å²) in [5.41, 5.74) is 7.21. The Kier molecular flexibility index (Phi) is 7.56. The van der Waals surface area contributed by atoms with Crippen LogP contribution in [0.2, 0.25) is 0 Å². The van der Waals surface area contributed by atoms with Crippen molar-refractivity contribution < 1.29 is 13.0 Å². The molecule has 0 radical (unpaired) electrons. The van der Waals surface area contributed by atoms with Gasteiger partial charge >= 0.3 is 0 Å². The highest BCUT2D eigenvalue weighted by molar-refractivity contribution is 7.85. The summed E-state index contributed by atoms with van der Waals surface area (Å²) in [7, 11) is -2.84. The van der Waals surface area contributed by atoms with Gasteiger partial charge in [0.15, 0.2) is 10.2 Å². The van der Waals surface area contributed by atoms with E-state index in [4.69, 9.17) is 24.4 Å². The van der Waals surface area contributed by atoms with E-state index in [1.807, 2.05) is 0 Å². The summed E-state index contributed by atoms with van der Waals surface area (Å²) in [6.07, 6.45) is 0. The van der Waals surface area contributed by atoms with Gasteiger partial charge in [-0.25, -0.2) is 8.42 Å². The standard InChI is InChI=1S/C17H20N6O3S3/c1-10(20-22-16(27)18-3)11(2)21-23-17(28)19-15-6-4-5-12-9-13(29(24,25)26)7-8-14(12)15/h4-9H,1-3H3,(H2,18,22,27)(H2,19,23,28)(H,24,25,26)/p-1/b20-10+,21-11+. The van der Waals surface area contributed by atoms with Gasteiger partial charge in [-0.3, -0.25) is 10.9 Å². The van der Waals surface area contributed by atoms with Gasteiger partial charge < -0.3 is 15.2 Å². The van der Waals surface area contributed by atoms with Gasteiger partial charge in [0.25, 0.3) is 0 Å². The molecule has 0 aromatic heterocycles. The van der Waals surface area contributed by atoms with Crippen molar-refractivity contribution in [2.45, 2.75) is 18.7 Å². The van der Waals surface area contributed by atoms with Gasteiger partial charge in [-0.05, 0) is 61.9 Å².